The average molecular weight is 166 g/mol. The Morgan fingerprint density at radius 3 is 2.60 bits per heavy atom. The first-order valence-electron chi connectivity index (χ1n) is 3.71. The number of hydrogen-bond donors (Lipinski definition) is 1. The van der Waals surface area contributed by atoms with Crippen molar-refractivity contribution in [3.05, 3.63) is 0 Å². The minimum Gasteiger partial charge on any atom is -0.377 e. The van der Waals surface area contributed by atoms with E-state index in [1.807, 2.05) is 6.92 Å². The Balaban J connectivity index is 0.000000810. The summed E-state index contributed by atoms with van der Waals surface area (Å²) in [6, 6.07) is 0.310. The fourth-order valence-electron chi connectivity index (χ4n) is 1.38. The van der Waals surface area contributed by atoms with Crippen molar-refractivity contribution < 1.29 is 4.74 Å². The summed E-state index contributed by atoms with van der Waals surface area (Å²) in [5, 5.41) is 0. The molecule has 1 aliphatic carbocycles. The molecule has 1 fully saturated rings. The molecule has 0 heterocycles. The lowest BCUT2D eigenvalue weighted by Crippen LogP contribution is -2.31. The molecule has 0 unspecified atom stereocenters. The van der Waals surface area contributed by atoms with Gasteiger partial charge in [0, 0.05) is 12.6 Å². The van der Waals surface area contributed by atoms with Crippen LogP contribution in [0.4, 0.5) is 0 Å². The largest absolute Gasteiger partial charge is 0.377 e. The van der Waals surface area contributed by atoms with Gasteiger partial charge in [-0.1, -0.05) is 0 Å². The Morgan fingerprint density at radius 2 is 2.20 bits per heavy atom. The van der Waals surface area contributed by atoms with E-state index >= 15 is 0 Å². The summed E-state index contributed by atoms with van der Waals surface area (Å²) >= 11 is 0. The van der Waals surface area contributed by atoms with Crippen molar-refractivity contribution >= 4 is 12.4 Å². The summed E-state index contributed by atoms with van der Waals surface area (Å²) in [4.78, 5) is 0. The number of rotatable bonds is 2. The van der Waals surface area contributed by atoms with Crippen molar-refractivity contribution in [2.45, 2.75) is 38.3 Å². The quantitative estimate of drug-likeness (QED) is 0.670. The van der Waals surface area contributed by atoms with Gasteiger partial charge in [0.1, 0.15) is 0 Å². The van der Waals surface area contributed by atoms with Gasteiger partial charge in [0.15, 0.2) is 0 Å². The molecule has 62 valence electrons. The molecule has 2 nitrogen and oxygen atoms in total. The molecule has 0 aliphatic heterocycles. The minimum atomic E-state index is 0. The highest BCUT2D eigenvalue weighted by atomic mass is 35.5. The molecule has 0 spiro atoms. The van der Waals surface area contributed by atoms with Crippen LogP contribution in [0.2, 0.25) is 0 Å². The normalized spacial score (nSPS) is 31.8. The predicted octanol–water partition coefficient (Wildman–Crippen LogP) is 1.32. The monoisotopic (exact) mass is 165 g/mol. The van der Waals surface area contributed by atoms with E-state index in [1.165, 1.54) is 6.42 Å². The van der Waals surface area contributed by atoms with Gasteiger partial charge in [-0.3, -0.25) is 0 Å². The molecule has 3 heteroatoms. The van der Waals surface area contributed by atoms with Crippen LogP contribution >= 0.6 is 12.4 Å². The SMILES string of the molecule is CCO[C@H]1CCC[C@H]1N.Cl. The van der Waals surface area contributed by atoms with Gasteiger partial charge in [-0.25, -0.2) is 0 Å². The van der Waals surface area contributed by atoms with Gasteiger partial charge in [0.05, 0.1) is 6.10 Å². The van der Waals surface area contributed by atoms with Crippen LogP contribution in [0.25, 0.3) is 0 Å². The maximum atomic E-state index is 5.74. The van der Waals surface area contributed by atoms with Crippen molar-refractivity contribution in [2.75, 3.05) is 6.61 Å². The number of ether oxygens (including phenoxy) is 1. The van der Waals surface area contributed by atoms with Gasteiger partial charge in [-0.05, 0) is 26.2 Å². The fraction of sp³-hybridized carbons (Fsp3) is 1.00. The fourth-order valence-corrected chi connectivity index (χ4v) is 1.38. The molecule has 0 amide bonds. The first-order chi connectivity index (χ1) is 4.34. The van der Waals surface area contributed by atoms with Gasteiger partial charge in [-0.15, -0.1) is 12.4 Å². The number of hydrogen-bond acceptors (Lipinski definition) is 2. The molecule has 0 aromatic rings. The number of halogens is 1. The van der Waals surface area contributed by atoms with Crippen molar-refractivity contribution in [1.82, 2.24) is 0 Å². The summed E-state index contributed by atoms with van der Waals surface area (Å²) < 4.78 is 5.39. The zero-order chi connectivity index (χ0) is 6.69. The van der Waals surface area contributed by atoms with Crippen LogP contribution in [-0.2, 0) is 4.74 Å². The third kappa shape index (κ3) is 2.45. The lowest BCUT2D eigenvalue weighted by Gasteiger charge is -2.14. The Kier molecular flexibility index (Phi) is 5.04. The Hall–Kier alpha value is 0.210. The molecule has 0 bridgehead atoms. The van der Waals surface area contributed by atoms with Gasteiger partial charge < -0.3 is 10.5 Å². The smallest absolute Gasteiger partial charge is 0.0725 e. The lowest BCUT2D eigenvalue weighted by molar-refractivity contribution is 0.0576. The predicted molar refractivity (Wildman–Crippen MR) is 44.5 cm³/mol. The molecule has 0 radical (unpaired) electrons. The highest BCUT2D eigenvalue weighted by Crippen LogP contribution is 2.19. The molecule has 1 saturated carbocycles. The topological polar surface area (TPSA) is 35.2 Å². The van der Waals surface area contributed by atoms with E-state index in [2.05, 4.69) is 0 Å². The Labute approximate surface area is 68.5 Å². The van der Waals surface area contributed by atoms with Crippen LogP contribution < -0.4 is 5.73 Å². The highest BCUT2D eigenvalue weighted by molar-refractivity contribution is 5.85. The first kappa shape index (κ1) is 10.2. The summed E-state index contributed by atoms with van der Waals surface area (Å²) in [7, 11) is 0. The van der Waals surface area contributed by atoms with Gasteiger partial charge in [0.2, 0.25) is 0 Å². The van der Waals surface area contributed by atoms with Crippen molar-refractivity contribution in [3.8, 4) is 0 Å². The molecule has 1 aliphatic rings. The molecule has 2 N–H and O–H groups in total. The molecule has 0 aromatic carbocycles. The second-order valence-electron chi connectivity index (χ2n) is 2.59. The summed E-state index contributed by atoms with van der Waals surface area (Å²) in [5.41, 5.74) is 5.74. The third-order valence-corrected chi connectivity index (χ3v) is 1.88. The molecule has 0 aromatic heterocycles. The Morgan fingerprint density at radius 1 is 1.50 bits per heavy atom. The van der Waals surface area contributed by atoms with E-state index in [4.69, 9.17) is 10.5 Å². The molecular weight excluding hydrogens is 150 g/mol. The van der Waals surface area contributed by atoms with Crippen LogP contribution in [0.3, 0.4) is 0 Å². The second-order valence-corrected chi connectivity index (χ2v) is 2.59. The van der Waals surface area contributed by atoms with E-state index in [1.54, 1.807) is 0 Å². The minimum absolute atomic E-state index is 0. The maximum Gasteiger partial charge on any atom is 0.0725 e. The molecule has 10 heavy (non-hydrogen) atoms. The summed E-state index contributed by atoms with van der Waals surface area (Å²) in [5.74, 6) is 0. The standard InChI is InChI=1S/C7H15NO.ClH/c1-2-9-7-5-3-4-6(7)8;/h6-7H,2-5,8H2,1H3;1H/t6-,7+;/m1./s1. The Bertz CT molecular complexity index is 89.7. The number of nitrogens with two attached hydrogens (primary N) is 1. The van der Waals surface area contributed by atoms with E-state index in [-0.39, 0.29) is 12.4 Å². The van der Waals surface area contributed by atoms with Crippen molar-refractivity contribution in [3.63, 3.8) is 0 Å². The van der Waals surface area contributed by atoms with Crippen LogP contribution in [0.5, 0.6) is 0 Å². The zero-order valence-electron chi connectivity index (χ0n) is 6.38. The van der Waals surface area contributed by atoms with E-state index < -0.39 is 0 Å². The van der Waals surface area contributed by atoms with Crippen molar-refractivity contribution in [2.24, 2.45) is 5.73 Å². The lowest BCUT2D eigenvalue weighted by atomic mass is 10.2. The second kappa shape index (κ2) is 4.94. The molecular formula is C7H16ClNO. The third-order valence-electron chi connectivity index (χ3n) is 1.88. The van der Waals surface area contributed by atoms with Gasteiger partial charge in [-0.2, -0.15) is 0 Å². The van der Waals surface area contributed by atoms with E-state index in [9.17, 15) is 0 Å². The molecule has 1 rings (SSSR count). The summed E-state index contributed by atoms with van der Waals surface area (Å²) in [6.45, 7) is 2.82. The van der Waals surface area contributed by atoms with Gasteiger partial charge in [0.25, 0.3) is 0 Å². The highest BCUT2D eigenvalue weighted by Gasteiger charge is 2.23. The van der Waals surface area contributed by atoms with Crippen LogP contribution in [0.15, 0.2) is 0 Å². The van der Waals surface area contributed by atoms with E-state index in [0.29, 0.717) is 12.1 Å². The van der Waals surface area contributed by atoms with Crippen LogP contribution in [0, 0.1) is 0 Å². The molecule has 0 saturated heterocycles. The van der Waals surface area contributed by atoms with Gasteiger partial charge >= 0.3 is 0 Å². The van der Waals surface area contributed by atoms with Crippen LogP contribution in [-0.4, -0.2) is 18.8 Å². The van der Waals surface area contributed by atoms with Crippen LogP contribution in [0.1, 0.15) is 26.2 Å². The summed E-state index contributed by atoms with van der Waals surface area (Å²) in [6.07, 6.45) is 3.90. The van der Waals surface area contributed by atoms with Crippen molar-refractivity contribution in [1.29, 1.82) is 0 Å². The first-order valence-corrected chi connectivity index (χ1v) is 3.71. The zero-order valence-corrected chi connectivity index (χ0v) is 7.19. The average Bonchev–Trinajstić information content (AvgIpc) is 2.18. The maximum absolute atomic E-state index is 5.74. The molecule has 2 atom stereocenters. The van der Waals surface area contributed by atoms with E-state index in [0.717, 1.165) is 19.4 Å².